The van der Waals surface area contributed by atoms with Crippen molar-refractivity contribution in [2.45, 2.75) is 43.4 Å². The molecule has 0 aliphatic carbocycles. The van der Waals surface area contributed by atoms with E-state index in [0.29, 0.717) is 48.2 Å². The molecule has 2 aliphatic rings. The highest BCUT2D eigenvalue weighted by molar-refractivity contribution is 5.95. The van der Waals surface area contributed by atoms with Crippen molar-refractivity contribution in [2.75, 3.05) is 31.2 Å². The zero-order chi connectivity index (χ0) is 23.6. The van der Waals surface area contributed by atoms with Crippen molar-refractivity contribution >= 4 is 22.5 Å². The van der Waals surface area contributed by atoms with Crippen molar-refractivity contribution in [2.24, 2.45) is 11.7 Å². The fraction of sp³-hybridized carbons (Fsp3) is 0.522. The van der Waals surface area contributed by atoms with Gasteiger partial charge < -0.3 is 20.7 Å². The number of rotatable bonds is 4. The van der Waals surface area contributed by atoms with E-state index < -0.39 is 23.7 Å². The standard InChI is InChI=1S/C23H26F3N5O2/c24-23(25,26)16-10-17(30-20(32)11-22(28)5-8-33-9-6-22)14-31(13-16)19-4-3-15(12-27)21-18(19)2-1-7-29-21/h1-4,7,16-17H,5-6,8-11,13-14,28H2,(H,30,32). The van der Waals surface area contributed by atoms with E-state index in [-0.39, 0.29) is 31.8 Å². The molecule has 2 aromatic rings. The zero-order valence-electron chi connectivity index (χ0n) is 18.1. The summed E-state index contributed by atoms with van der Waals surface area (Å²) in [4.78, 5) is 18.6. The Kier molecular flexibility index (Phi) is 6.45. The molecule has 2 aliphatic heterocycles. The van der Waals surface area contributed by atoms with Gasteiger partial charge in [0.05, 0.1) is 17.0 Å². The Morgan fingerprint density at radius 2 is 2.06 bits per heavy atom. The van der Waals surface area contributed by atoms with Gasteiger partial charge in [-0.25, -0.2) is 0 Å². The molecule has 0 spiro atoms. The maximum absolute atomic E-state index is 13.8. The summed E-state index contributed by atoms with van der Waals surface area (Å²) in [6.45, 7) is 0.923. The Balaban J connectivity index is 1.58. The van der Waals surface area contributed by atoms with E-state index in [9.17, 15) is 23.2 Å². The fourth-order valence-corrected chi connectivity index (χ4v) is 4.71. The van der Waals surface area contributed by atoms with Gasteiger partial charge in [0, 0.05) is 61.6 Å². The molecular formula is C23H26F3N5O2. The average Bonchev–Trinajstić information content (AvgIpc) is 2.77. The number of nitrogens with two attached hydrogens (primary N) is 1. The predicted octanol–water partition coefficient (Wildman–Crippen LogP) is 2.88. The predicted molar refractivity (Wildman–Crippen MR) is 116 cm³/mol. The largest absolute Gasteiger partial charge is 0.393 e. The first-order chi connectivity index (χ1) is 15.7. The zero-order valence-corrected chi connectivity index (χ0v) is 18.1. The number of aromatic nitrogens is 1. The third-order valence-electron chi connectivity index (χ3n) is 6.49. The Hall–Kier alpha value is -2.90. The second-order valence-corrected chi connectivity index (χ2v) is 8.94. The molecule has 2 unspecified atom stereocenters. The van der Waals surface area contributed by atoms with Crippen LogP contribution in [0.15, 0.2) is 30.5 Å². The van der Waals surface area contributed by atoms with Crippen LogP contribution in [0.2, 0.25) is 0 Å². The number of fused-ring (bicyclic) bond motifs is 1. The van der Waals surface area contributed by atoms with Gasteiger partial charge in [-0.05, 0) is 43.5 Å². The van der Waals surface area contributed by atoms with Crippen LogP contribution in [-0.2, 0) is 9.53 Å². The molecule has 3 heterocycles. The molecule has 176 valence electrons. The molecule has 0 saturated carbocycles. The van der Waals surface area contributed by atoms with E-state index in [4.69, 9.17) is 10.5 Å². The molecule has 2 atom stereocenters. The molecule has 33 heavy (non-hydrogen) atoms. The average molecular weight is 461 g/mol. The van der Waals surface area contributed by atoms with Gasteiger partial charge in [0.1, 0.15) is 6.07 Å². The Labute approximate surface area is 189 Å². The molecule has 1 amide bonds. The number of halogens is 3. The number of pyridine rings is 1. The van der Waals surface area contributed by atoms with Crippen LogP contribution in [0.1, 0.15) is 31.2 Å². The van der Waals surface area contributed by atoms with E-state index >= 15 is 0 Å². The number of anilines is 1. The number of nitrogens with one attached hydrogen (secondary N) is 1. The number of nitrogens with zero attached hydrogens (tertiary/aromatic N) is 3. The molecule has 3 N–H and O–H groups in total. The van der Waals surface area contributed by atoms with Crippen molar-refractivity contribution in [1.82, 2.24) is 10.3 Å². The quantitative estimate of drug-likeness (QED) is 0.726. The Morgan fingerprint density at radius 3 is 2.76 bits per heavy atom. The third kappa shape index (κ3) is 5.20. The molecular weight excluding hydrogens is 435 g/mol. The molecule has 10 heteroatoms. The second-order valence-electron chi connectivity index (χ2n) is 8.94. The van der Waals surface area contributed by atoms with Gasteiger partial charge in [-0.3, -0.25) is 9.78 Å². The van der Waals surface area contributed by atoms with Crippen LogP contribution in [0.3, 0.4) is 0 Å². The minimum absolute atomic E-state index is 0.0489. The first-order valence-corrected chi connectivity index (χ1v) is 10.9. The number of hydrogen-bond donors (Lipinski definition) is 2. The van der Waals surface area contributed by atoms with Crippen LogP contribution in [0.4, 0.5) is 18.9 Å². The van der Waals surface area contributed by atoms with Crippen molar-refractivity contribution in [1.29, 1.82) is 5.26 Å². The van der Waals surface area contributed by atoms with Gasteiger partial charge in [-0.15, -0.1) is 0 Å². The molecule has 7 nitrogen and oxygen atoms in total. The van der Waals surface area contributed by atoms with Gasteiger partial charge in [0.25, 0.3) is 0 Å². The van der Waals surface area contributed by atoms with Gasteiger partial charge in [-0.1, -0.05) is 0 Å². The van der Waals surface area contributed by atoms with E-state index in [1.807, 2.05) is 0 Å². The first-order valence-electron chi connectivity index (χ1n) is 10.9. The van der Waals surface area contributed by atoms with Crippen molar-refractivity contribution in [3.63, 3.8) is 0 Å². The summed E-state index contributed by atoms with van der Waals surface area (Å²) in [5.74, 6) is -1.95. The Bertz CT molecular complexity index is 1060. The van der Waals surface area contributed by atoms with E-state index in [0.717, 1.165) is 0 Å². The fourth-order valence-electron chi connectivity index (χ4n) is 4.71. The lowest BCUT2D eigenvalue weighted by atomic mass is 9.87. The summed E-state index contributed by atoms with van der Waals surface area (Å²) < 4.78 is 46.6. The summed E-state index contributed by atoms with van der Waals surface area (Å²) in [7, 11) is 0. The third-order valence-corrected chi connectivity index (χ3v) is 6.49. The van der Waals surface area contributed by atoms with E-state index in [2.05, 4.69) is 16.4 Å². The van der Waals surface area contributed by atoms with Gasteiger partial charge >= 0.3 is 6.18 Å². The lowest BCUT2D eigenvalue weighted by molar-refractivity contribution is -0.178. The minimum Gasteiger partial charge on any atom is -0.381 e. The summed E-state index contributed by atoms with van der Waals surface area (Å²) in [5, 5.41) is 12.8. The number of piperidine rings is 1. The molecule has 2 fully saturated rings. The van der Waals surface area contributed by atoms with Crippen molar-refractivity contribution < 1.29 is 22.7 Å². The normalized spacial score (nSPS) is 23.2. The van der Waals surface area contributed by atoms with Crippen LogP contribution in [0.25, 0.3) is 10.9 Å². The summed E-state index contributed by atoms with van der Waals surface area (Å²) in [5.41, 5.74) is 6.96. The van der Waals surface area contributed by atoms with Gasteiger partial charge in [0.15, 0.2) is 0 Å². The number of amides is 1. The van der Waals surface area contributed by atoms with Crippen LogP contribution in [0, 0.1) is 17.2 Å². The molecule has 1 aromatic carbocycles. The van der Waals surface area contributed by atoms with E-state index in [1.54, 1.807) is 35.4 Å². The highest BCUT2D eigenvalue weighted by Gasteiger charge is 2.45. The summed E-state index contributed by atoms with van der Waals surface area (Å²) in [6, 6.07) is 8.03. The number of ether oxygens (including phenoxy) is 1. The monoisotopic (exact) mass is 461 g/mol. The van der Waals surface area contributed by atoms with Gasteiger partial charge in [-0.2, -0.15) is 18.4 Å². The van der Waals surface area contributed by atoms with Gasteiger partial charge in [0.2, 0.25) is 5.91 Å². The minimum atomic E-state index is -4.40. The number of carbonyl (C=O) groups excluding carboxylic acids is 1. The number of benzene rings is 1. The highest BCUT2D eigenvalue weighted by atomic mass is 19.4. The van der Waals surface area contributed by atoms with Crippen molar-refractivity contribution in [3.05, 3.63) is 36.0 Å². The molecule has 1 aromatic heterocycles. The lowest BCUT2D eigenvalue weighted by Gasteiger charge is -2.41. The summed E-state index contributed by atoms with van der Waals surface area (Å²) >= 11 is 0. The molecule has 0 radical (unpaired) electrons. The number of carbonyl (C=O) groups is 1. The number of nitriles is 1. The number of hydrogen-bond acceptors (Lipinski definition) is 6. The first kappa shape index (κ1) is 23.3. The van der Waals surface area contributed by atoms with E-state index in [1.165, 1.54) is 0 Å². The molecule has 0 bridgehead atoms. The SMILES string of the molecule is N#Cc1ccc(N2CC(NC(=O)CC3(N)CCOCC3)CC(C(F)(F)F)C2)c2cccnc12. The maximum atomic E-state index is 13.8. The Morgan fingerprint density at radius 1 is 1.30 bits per heavy atom. The second kappa shape index (κ2) is 9.15. The highest BCUT2D eigenvalue weighted by Crippen LogP contribution is 2.37. The van der Waals surface area contributed by atoms with Crippen molar-refractivity contribution in [3.8, 4) is 6.07 Å². The van der Waals surface area contributed by atoms with Crippen LogP contribution in [-0.4, -0.2) is 55.0 Å². The van der Waals surface area contributed by atoms with Crippen LogP contribution in [0.5, 0.6) is 0 Å². The lowest BCUT2D eigenvalue weighted by Crippen LogP contribution is -2.55. The summed E-state index contributed by atoms with van der Waals surface area (Å²) in [6.07, 6.45) is -1.94. The van der Waals surface area contributed by atoms with Crippen LogP contribution >= 0.6 is 0 Å². The molecule has 2 saturated heterocycles. The maximum Gasteiger partial charge on any atom is 0.393 e. The van der Waals surface area contributed by atoms with Crippen LogP contribution < -0.4 is 16.0 Å². The topological polar surface area (TPSA) is 104 Å². The smallest absolute Gasteiger partial charge is 0.381 e. The molecule has 4 rings (SSSR count). The number of alkyl halides is 3.